The molecule has 0 atom stereocenters. The maximum absolute atomic E-state index is 12.6. The molecule has 1 aliphatic carbocycles. The first-order valence-corrected chi connectivity index (χ1v) is 10.6. The number of carbonyl (C=O) groups excluding carboxylic acids is 1. The highest BCUT2D eigenvalue weighted by atomic mass is 79.9. The van der Waals surface area contributed by atoms with Crippen LogP contribution in [0.5, 0.6) is 5.75 Å². The van der Waals surface area contributed by atoms with Gasteiger partial charge >= 0.3 is 0 Å². The molecule has 2 aromatic carbocycles. The fourth-order valence-corrected chi connectivity index (χ4v) is 3.94. The minimum absolute atomic E-state index is 0.156. The second-order valence-corrected chi connectivity index (χ2v) is 8.17. The predicted molar refractivity (Wildman–Crippen MR) is 116 cm³/mol. The number of halogens is 1. The molecule has 0 unspecified atom stereocenters. The molecule has 1 amide bonds. The maximum atomic E-state index is 12.6. The molecule has 0 radical (unpaired) electrons. The van der Waals surface area contributed by atoms with Crippen molar-refractivity contribution in [2.45, 2.75) is 44.8 Å². The smallest absolute Gasteiger partial charge is 0.261 e. The first-order chi connectivity index (χ1) is 14.1. The lowest BCUT2D eigenvalue weighted by atomic mass is 10.2. The van der Waals surface area contributed by atoms with Gasteiger partial charge in [0, 0.05) is 29.2 Å². The molecule has 29 heavy (non-hydrogen) atoms. The van der Waals surface area contributed by atoms with Crippen LogP contribution in [0.3, 0.4) is 0 Å². The summed E-state index contributed by atoms with van der Waals surface area (Å²) in [5.74, 6) is 0.611. The quantitative estimate of drug-likeness (QED) is 0.593. The van der Waals surface area contributed by atoms with Gasteiger partial charge in [-0.25, -0.2) is 4.98 Å². The summed E-state index contributed by atoms with van der Waals surface area (Å²) in [4.78, 5) is 29.3. The molecule has 0 saturated heterocycles. The van der Waals surface area contributed by atoms with Crippen molar-refractivity contribution in [1.29, 1.82) is 0 Å². The Bertz CT molecular complexity index is 1090. The van der Waals surface area contributed by atoms with E-state index in [9.17, 15) is 9.59 Å². The monoisotopic (exact) mass is 455 g/mol. The minimum Gasteiger partial charge on any atom is -0.490 e. The van der Waals surface area contributed by atoms with E-state index in [4.69, 9.17) is 4.74 Å². The molecule has 0 spiro atoms. The number of aryl methyl sites for hydroxylation is 1. The lowest BCUT2D eigenvalue weighted by Crippen LogP contribution is -2.23. The van der Waals surface area contributed by atoms with Gasteiger partial charge in [-0.05, 0) is 56.0 Å². The van der Waals surface area contributed by atoms with Crippen LogP contribution in [0, 0.1) is 0 Å². The van der Waals surface area contributed by atoms with E-state index in [2.05, 4.69) is 26.2 Å². The van der Waals surface area contributed by atoms with E-state index >= 15 is 0 Å². The van der Waals surface area contributed by atoms with Crippen LogP contribution in [0.1, 0.15) is 32.1 Å². The van der Waals surface area contributed by atoms with Crippen LogP contribution >= 0.6 is 15.9 Å². The Morgan fingerprint density at radius 2 is 2.03 bits per heavy atom. The number of rotatable bonds is 6. The zero-order valence-electron chi connectivity index (χ0n) is 15.9. The Morgan fingerprint density at radius 1 is 1.21 bits per heavy atom. The lowest BCUT2D eigenvalue weighted by molar-refractivity contribution is -0.116. The number of anilines is 1. The molecule has 6 nitrogen and oxygen atoms in total. The summed E-state index contributed by atoms with van der Waals surface area (Å²) in [6, 6.07) is 12.8. The number of benzene rings is 2. The number of amides is 1. The summed E-state index contributed by atoms with van der Waals surface area (Å²) < 4.78 is 8.27. The van der Waals surface area contributed by atoms with Gasteiger partial charge < -0.3 is 10.1 Å². The summed E-state index contributed by atoms with van der Waals surface area (Å²) in [5.41, 5.74) is 1.17. The van der Waals surface area contributed by atoms with E-state index in [1.54, 1.807) is 12.1 Å². The molecule has 1 N–H and O–H groups in total. The number of aromatic nitrogens is 2. The van der Waals surface area contributed by atoms with Gasteiger partial charge in [0.2, 0.25) is 5.91 Å². The number of fused-ring (bicyclic) bond motifs is 1. The van der Waals surface area contributed by atoms with Crippen LogP contribution in [-0.4, -0.2) is 21.6 Å². The van der Waals surface area contributed by atoms with Crippen molar-refractivity contribution in [1.82, 2.24) is 9.55 Å². The Balaban J connectivity index is 1.38. The molecule has 1 saturated carbocycles. The summed E-state index contributed by atoms with van der Waals surface area (Å²) >= 11 is 3.37. The third kappa shape index (κ3) is 4.85. The molecule has 7 heteroatoms. The molecule has 0 aliphatic heterocycles. The van der Waals surface area contributed by atoms with E-state index in [1.165, 1.54) is 23.7 Å². The molecule has 1 aliphatic rings. The SMILES string of the molecule is O=C(CCn1cnc2ccc(Br)cc2c1=O)Nc1cccc(OC2CCCC2)c1. The predicted octanol–water partition coefficient (Wildman–Crippen LogP) is 4.51. The van der Waals surface area contributed by atoms with Crippen molar-refractivity contribution in [3.8, 4) is 5.75 Å². The van der Waals surface area contributed by atoms with Crippen molar-refractivity contribution in [3.05, 3.63) is 63.6 Å². The van der Waals surface area contributed by atoms with E-state index in [0.29, 0.717) is 16.6 Å². The van der Waals surface area contributed by atoms with Crippen molar-refractivity contribution in [2.75, 3.05) is 5.32 Å². The van der Waals surface area contributed by atoms with Gasteiger partial charge in [-0.3, -0.25) is 14.2 Å². The molecule has 0 bridgehead atoms. The molecule has 150 valence electrons. The van der Waals surface area contributed by atoms with E-state index < -0.39 is 0 Å². The van der Waals surface area contributed by atoms with Gasteiger partial charge in [0.15, 0.2) is 0 Å². The highest BCUT2D eigenvalue weighted by Gasteiger charge is 2.16. The standard InChI is InChI=1S/C22H22BrN3O3/c23-15-8-9-20-19(12-15)22(28)26(14-24-20)11-10-21(27)25-16-4-3-7-18(13-16)29-17-5-1-2-6-17/h3-4,7-9,12-14,17H,1-2,5-6,10-11H2,(H,25,27). The topological polar surface area (TPSA) is 73.2 Å². The zero-order valence-corrected chi connectivity index (χ0v) is 17.5. The fraction of sp³-hybridized carbons (Fsp3) is 0.318. The normalized spacial score (nSPS) is 14.2. The van der Waals surface area contributed by atoms with Gasteiger partial charge in [-0.2, -0.15) is 0 Å². The van der Waals surface area contributed by atoms with Crippen LogP contribution in [-0.2, 0) is 11.3 Å². The number of hydrogen-bond donors (Lipinski definition) is 1. The van der Waals surface area contributed by atoms with Gasteiger partial charge in [-0.15, -0.1) is 0 Å². The highest BCUT2D eigenvalue weighted by molar-refractivity contribution is 9.10. The van der Waals surface area contributed by atoms with Crippen molar-refractivity contribution in [3.63, 3.8) is 0 Å². The molecule has 3 aromatic rings. The summed E-state index contributed by atoms with van der Waals surface area (Å²) in [7, 11) is 0. The van der Waals surface area contributed by atoms with E-state index in [0.717, 1.165) is 23.1 Å². The molecular weight excluding hydrogens is 434 g/mol. The summed E-state index contributed by atoms with van der Waals surface area (Å²) in [5, 5.41) is 3.41. The van der Waals surface area contributed by atoms with Crippen LogP contribution in [0.25, 0.3) is 10.9 Å². The third-order valence-corrected chi connectivity index (χ3v) is 5.58. The molecule has 1 heterocycles. The first kappa shape index (κ1) is 19.6. The summed E-state index contributed by atoms with van der Waals surface area (Å²) in [6.07, 6.45) is 6.52. The second-order valence-electron chi connectivity index (χ2n) is 7.25. The largest absolute Gasteiger partial charge is 0.490 e. The second kappa shape index (κ2) is 8.78. The van der Waals surface area contributed by atoms with Crippen LogP contribution < -0.4 is 15.6 Å². The van der Waals surface area contributed by atoms with Crippen molar-refractivity contribution in [2.24, 2.45) is 0 Å². The molecule has 1 fully saturated rings. The lowest BCUT2D eigenvalue weighted by Gasteiger charge is -2.14. The highest BCUT2D eigenvalue weighted by Crippen LogP contribution is 2.25. The van der Waals surface area contributed by atoms with Crippen molar-refractivity contribution >= 4 is 38.4 Å². The Labute approximate surface area is 177 Å². The van der Waals surface area contributed by atoms with E-state index in [1.807, 2.05) is 30.3 Å². The molecule has 1 aromatic heterocycles. The van der Waals surface area contributed by atoms with Crippen molar-refractivity contribution < 1.29 is 9.53 Å². The zero-order chi connectivity index (χ0) is 20.2. The molecule has 4 rings (SSSR count). The third-order valence-electron chi connectivity index (χ3n) is 5.09. The van der Waals surface area contributed by atoms with Crippen LogP contribution in [0.15, 0.2) is 58.1 Å². The van der Waals surface area contributed by atoms with Gasteiger partial charge in [0.1, 0.15) is 5.75 Å². The number of ether oxygens (including phenoxy) is 1. The maximum Gasteiger partial charge on any atom is 0.261 e. The Hall–Kier alpha value is -2.67. The minimum atomic E-state index is -0.163. The van der Waals surface area contributed by atoms with Crippen LogP contribution in [0.2, 0.25) is 0 Å². The van der Waals surface area contributed by atoms with Gasteiger partial charge in [0.05, 0.1) is 23.3 Å². The van der Waals surface area contributed by atoms with E-state index in [-0.39, 0.29) is 30.5 Å². The Morgan fingerprint density at radius 3 is 2.86 bits per heavy atom. The fourth-order valence-electron chi connectivity index (χ4n) is 3.58. The number of nitrogens with zero attached hydrogens (tertiary/aromatic N) is 2. The van der Waals surface area contributed by atoms with Crippen LogP contribution in [0.4, 0.5) is 5.69 Å². The van der Waals surface area contributed by atoms with Gasteiger partial charge in [0.25, 0.3) is 5.56 Å². The Kier molecular flexibility index (Phi) is 5.94. The first-order valence-electron chi connectivity index (χ1n) is 9.80. The number of hydrogen-bond acceptors (Lipinski definition) is 4. The summed E-state index contributed by atoms with van der Waals surface area (Å²) in [6.45, 7) is 0.262. The number of nitrogens with one attached hydrogen (secondary N) is 1. The number of carbonyl (C=O) groups is 1. The molecular formula is C22H22BrN3O3. The average Bonchev–Trinajstić information content (AvgIpc) is 3.21. The van der Waals surface area contributed by atoms with Gasteiger partial charge in [-0.1, -0.05) is 22.0 Å². The average molecular weight is 456 g/mol.